The number of aromatic nitrogens is 1. The van der Waals surface area contributed by atoms with Crippen molar-refractivity contribution in [2.45, 2.75) is 20.8 Å². The van der Waals surface area contributed by atoms with Crippen LogP contribution < -0.4 is 4.90 Å². The first-order valence-corrected chi connectivity index (χ1v) is 8.33. The summed E-state index contributed by atoms with van der Waals surface area (Å²) in [5.74, 6) is 0.150. The predicted octanol–water partition coefficient (Wildman–Crippen LogP) is 4.78. The number of nitrogens with one attached hydrogen (secondary N) is 1. The molecular weight excluding hydrogens is 298 g/mol. The molecule has 4 nitrogen and oxygen atoms in total. The van der Waals surface area contributed by atoms with Gasteiger partial charge >= 0.3 is 0 Å². The van der Waals surface area contributed by atoms with Crippen molar-refractivity contribution in [2.75, 3.05) is 18.0 Å². The minimum Gasteiger partial charge on any atom is -0.494 e. The summed E-state index contributed by atoms with van der Waals surface area (Å²) in [4.78, 5) is 9.87. The second-order valence-electron chi connectivity index (χ2n) is 5.83. The van der Waals surface area contributed by atoms with Crippen LogP contribution in [0.15, 0.2) is 47.5 Å². The molecule has 0 aliphatic carbocycles. The highest BCUT2D eigenvalue weighted by molar-refractivity contribution is 6.02. The lowest BCUT2D eigenvalue weighted by Crippen LogP contribution is -2.21. The zero-order valence-electron chi connectivity index (χ0n) is 14.4. The number of aromatic hydroxyl groups is 1. The van der Waals surface area contributed by atoms with E-state index in [1.165, 1.54) is 5.69 Å². The summed E-state index contributed by atoms with van der Waals surface area (Å²) < 4.78 is 0. The van der Waals surface area contributed by atoms with Crippen LogP contribution in [0.2, 0.25) is 0 Å². The normalized spacial score (nSPS) is 11.5. The van der Waals surface area contributed by atoms with Crippen molar-refractivity contribution in [1.82, 2.24) is 4.98 Å². The lowest BCUT2D eigenvalue weighted by atomic mass is 10.1. The van der Waals surface area contributed by atoms with Gasteiger partial charge in [-0.2, -0.15) is 0 Å². The second-order valence-corrected chi connectivity index (χ2v) is 5.83. The van der Waals surface area contributed by atoms with E-state index in [0.29, 0.717) is 0 Å². The van der Waals surface area contributed by atoms with Crippen LogP contribution in [0.5, 0.6) is 5.88 Å². The summed E-state index contributed by atoms with van der Waals surface area (Å²) in [6.07, 6.45) is 1.73. The molecular formula is C20H23N3O. The fourth-order valence-corrected chi connectivity index (χ4v) is 2.98. The number of hydrogen-bond donors (Lipinski definition) is 2. The molecule has 0 amide bonds. The number of nitrogens with zero attached hydrogens (tertiary/aromatic N) is 2. The van der Waals surface area contributed by atoms with E-state index in [-0.39, 0.29) is 5.88 Å². The Balaban J connectivity index is 1.93. The molecule has 0 spiro atoms. The van der Waals surface area contributed by atoms with Gasteiger partial charge in [-0.1, -0.05) is 18.2 Å². The molecule has 0 unspecified atom stereocenters. The standard InChI is InChI=1S/C20H23N3O/c1-4-23(5-2)15-10-11-18(14(3)12-15)21-13-17-16-8-6-7-9-19(16)22-20(17)24/h6-13,22,24H,4-5H2,1-3H3. The molecule has 24 heavy (non-hydrogen) atoms. The van der Waals surface area contributed by atoms with Gasteiger partial charge in [0.15, 0.2) is 5.88 Å². The number of rotatable bonds is 5. The van der Waals surface area contributed by atoms with Gasteiger partial charge in [-0.15, -0.1) is 0 Å². The highest BCUT2D eigenvalue weighted by Gasteiger charge is 2.08. The van der Waals surface area contributed by atoms with E-state index in [9.17, 15) is 5.11 Å². The van der Waals surface area contributed by atoms with Crippen LogP contribution in [0.25, 0.3) is 10.9 Å². The van der Waals surface area contributed by atoms with Crippen molar-refractivity contribution in [2.24, 2.45) is 4.99 Å². The maximum Gasteiger partial charge on any atom is 0.198 e. The average Bonchev–Trinajstić information content (AvgIpc) is 2.90. The first-order chi connectivity index (χ1) is 11.6. The molecule has 0 fully saturated rings. The van der Waals surface area contributed by atoms with E-state index in [2.05, 4.69) is 47.8 Å². The number of aliphatic imine (C=N–C) groups is 1. The van der Waals surface area contributed by atoms with Gasteiger partial charge in [-0.05, 0) is 50.6 Å². The predicted molar refractivity (Wildman–Crippen MR) is 102 cm³/mol. The number of aromatic amines is 1. The molecule has 0 aliphatic heterocycles. The Bertz CT molecular complexity index is 876. The Hall–Kier alpha value is -2.75. The number of hydrogen-bond acceptors (Lipinski definition) is 3. The number of fused-ring (bicyclic) bond motifs is 1. The molecule has 1 aromatic heterocycles. The number of anilines is 1. The first kappa shape index (κ1) is 16.1. The molecule has 3 aromatic rings. The third-order valence-electron chi connectivity index (χ3n) is 4.37. The van der Waals surface area contributed by atoms with Gasteiger partial charge in [-0.25, -0.2) is 0 Å². The van der Waals surface area contributed by atoms with Gasteiger partial charge in [0.1, 0.15) is 0 Å². The number of H-pyrrole nitrogens is 1. The van der Waals surface area contributed by atoms with Crippen LogP contribution in [-0.4, -0.2) is 29.4 Å². The SMILES string of the molecule is CCN(CC)c1ccc(N=Cc2c(O)[nH]c3ccccc23)c(C)c1. The van der Waals surface area contributed by atoms with Crippen LogP contribution in [0.3, 0.4) is 0 Å². The highest BCUT2D eigenvalue weighted by atomic mass is 16.3. The van der Waals surface area contributed by atoms with Crippen molar-refractivity contribution in [1.29, 1.82) is 0 Å². The van der Waals surface area contributed by atoms with Crippen molar-refractivity contribution in [3.05, 3.63) is 53.6 Å². The molecule has 4 heteroatoms. The molecule has 0 atom stereocenters. The second kappa shape index (κ2) is 6.79. The Labute approximate surface area is 142 Å². The summed E-state index contributed by atoms with van der Waals surface area (Å²) in [7, 11) is 0. The summed E-state index contributed by atoms with van der Waals surface area (Å²) in [5, 5.41) is 11.1. The summed E-state index contributed by atoms with van der Waals surface area (Å²) >= 11 is 0. The van der Waals surface area contributed by atoms with Gasteiger partial charge in [0.05, 0.1) is 11.3 Å². The smallest absolute Gasteiger partial charge is 0.198 e. The lowest BCUT2D eigenvalue weighted by molar-refractivity contribution is 0.457. The maximum absolute atomic E-state index is 10.1. The van der Waals surface area contributed by atoms with Crippen molar-refractivity contribution in [3.8, 4) is 5.88 Å². The Morgan fingerprint density at radius 2 is 1.88 bits per heavy atom. The lowest BCUT2D eigenvalue weighted by Gasteiger charge is -2.21. The van der Waals surface area contributed by atoms with E-state index in [1.54, 1.807) is 6.21 Å². The van der Waals surface area contributed by atoms with Gasteiger partial charge in [0.2, 0.25) is 0 Å². The van der Waals surface area contributed by atoms with Crippen molar-refractivity contribution < 1.29 is 5.11 Å². The van der Waals surface area contributed by atoms with E-state index in [1.807, 2.05) is 30.3 Å². The van der Waals surface area contributed by atoms with E-state index in [4.69, 9.17) is 0 Å². The summed E-state index contributed by atoms with van der Waals surface area (Å²) in [5.41, 5.74) is 4.87. The fraction of sp³-hybridized carbons (Fsp3) is 0.250. The summed E-state index contributed by atoms with van der Waals surface area (Å²) in [6, 6.07) is 14.1. The molecule has 0 saturated heterocycles. The van der Waals surface area contributed by atoms with E-state index >= 15 is 0 Å². The quantitative estimate of drug-likeness (QED) is 0.665. The number of benzene rings is 2. The minimum atomic E-state index is 0.150. The van der Waals surface area contributed by atoms with Gasteiger partial charge in [0, 0.05) is 35.9 Å². The highest BCUT2D eigenvalue weighted by Crippen LogP contribution is 2.28. The minimum absolute atomic E-state index is 0.150. The first-order valence-electron chi connectivity index (χ1n) is 8.33. The monoisotopic (exact) mass is 321 g/mol. The van der Waals surface area contributed by atoms with Crippen molar-refractivity contribution >= 4 is 28.5 Å². The summed E-state index contributed by atoms with van der Waals surface area (Å²) in [6.45, 7) is 8.35. The van der Waals surface area contributed by atoms with Gasteiger partial charge in [-0.3, -0.25) is 4.99 Å². The number of aryl methyl sites for hydroxylation is 1. The van der Waals surface area contributed by atoms with Gasteiger partial charge in [0.25, 0.3) is 0 Å². The van der Waals surface area contributed by atoms with Crippen LogP contribution >= 0.6 is 0 Å². The van der Waals surface area contributed by atoms with Crippen LogP contribution in [0.4, 0.5) is 11.4 Å². The van der Waals surface area contributed by atoms with Crippen LogP contribution in [0, 0.1) is 6.92 Å². The van der Waals surface area contributed by atoms with Crippen LogP contribution in [-0.2, 0) is 0 Å². The maximum atomic E-state index is 10.1. The Morgan fingerprint density at radius 3 is 2.58 bits per heavy atom. The molecule has 2 aromatic carbocycles. The van der Waals surface area contributed by atoms with Crippen LogP contribution in [0.1, 0.15) is 25.0 Å². The Morgan fingerprint density at radius 1 is 1.12 bits per heavy atom. The van der Waals surface area contributed by atoms with E-state index in [0.717, 1.165) is 40.8 Å². The number of para-hydroxylation sites is 1. The zero-order chi connectivity index (χ0) is 17.1. The molecule has 2 N–H and O–H groups in total. The third kappa shape index (κ3) is 3.00. The molecule has 3 rings (SSSR count). The molecule has 0 radical (unpaired) electrons. The molecule has 0 bridgehead atoms. The topological polar surface area (TPSA) is 51.6 Å². The van der Waals surface area contributed by atoms with Gasteiger partial charge < -0.3 is 15.0 Å². The molecule has 0 saturated carbocycles. The zero-order valence-corrected chi connectivity index (χ0v) is 14.4. The molecule has 1 heterocycles. The van der Waals surface area contributed by atoms with E-state index < -0.39 is 0 Å². The average molecular weight is 321 g/mol. The van der Waals surface area contributed by atoms with Crippen molar-refractivity contribution in [3.63, 3.8) is 0 Å². The Kier molecular flexibility index (Phi) is 4.56. The fourth-order valence-electron chi connectivity index (χ4n) is 2.98. The molecule has 124 valence electrons. The third-order valence-corrected chi connectivity index (χ3v) is 4.37. The largest absolute Gasteiger partial charge is 0.494 e. The molecule has 0 aliphatic rings.